The first-order valence-electron chi connectivity index (χ1n) is 11.0. The molecular formula is C27H28N2O3. The first-order chi connectivity index (χ1) is 15.8. The largest absolute Gasteiger partial charge is 0.496 e. The molecule has 1 aliphatic rings. The molecule has 0 aliphatic carbocycles. The molecule has 164 valence electrons. The van der Waals surface area contributed by atoms with E-state index >= 15 is 0 Å². The van der Waals surface area contributed by atoms with Gasteiger partial charge in [-0.05, 0) is 42.0 Å². The molecule has 0 unspecified atom stereocenters. The Morgan fingerprint density at radius 3 is 2.25 bits per heavy atom. The molecule has 1 aromatic heterocycles. The summed E-state index contributed by atoms with van der Waals surface area (Å²) in [5.74, 6) is 2.33. The molecule has 0 radical (unpaired) electrons. The number of ether oxygens (including phenoxy) is 2. The third-order valence-corrected chi connectivity index (χ3v) is 6.22. The number of benzene rings is 3. The molecule has 1 saturated heterocycles. The van der Waals surface area contributed by atoms with Gasteiger partial charge in [0.2, 0.25) is 0 Å². The molecule has 0 atom stereocenters. The van der Waals surface area contributed by atoms with Crippen molar-refractivity contribution in [3.63, 3.8) is 0 Å². The van der Waals surface area contributed by atoms with Gasteiger partial charge in [0.1, 0.15) is 11.5 Å². The fourth-order valence-electron chi connectivity index (χ4n) is 4.48. The van der Waals surface area contributed by atoms with Crippen molar-refractivity contribution in [3.05, 3.63) is 78.4 Å². The van der Waals surface area contributed by atoms with Crippen molar-refractivity contribution in [1.29, 1.82) is 0 Å². The van der Waals surface area contributed by atoms with Crippen molar-refractivity contribution in [2.45, 2.75) is 6.54 Å². The molecule has 0 bridgehead atoms. The molecule has 1 aliphatic heterocycles. The van der Waals surface area contributed by atoms with E-state index in [1.807, 2.05) is 30.3 Å². The van der Waals surface area contributed by atoms with E-state index in [1.54, 1.807) is 14.2 Å². The summed E-state index contributed by atoms with van der Waals surface area (Å²) < 4.78 is 17.4. The second kappa shape index (κ2) is 8.97. The molecule has 32 heavy (non-hydrogen) atoms. The Morgan fingerprint density at radius 2 is 1.50 bits per heavy atom. The molecule has 5 rings (SSSR count). The van der Waals surface area contributed by atoms with Crippen LogP contribution >= 0.6 is 0 Å². The number of fused-ring (bicyclic) bond motifs is 1. The summed E-state index contributed by atoms with van der Waals surface area (Å²) in [6.45, 7) is 5.00. The first kappa shape index (κ1) is 20.5. The summed E-state index contributed by atoms with van der Waals surface area (Å²) in [6, 6.07) is 24.9. The fraction of sp³-hybridized carbons (Fsp3) is 0.259. The lowest BCUT2D eigenvalue weighted by Crippen LogP contribution is -2.45. The van der Waals surface area contributed by atoms with Gasteiger partial charge in [-0.1, -0.05) is 36.4 Å². The molecule has 2 heterocycles. The van der Waals surface area contributed by atoms with Crippen LogP contribution in [0.15, 0.2) is 77.2 Å². The van der Waals surface area contributed by atoms with Crippen molar-refractivity contribution in [2.75, 3.05) is 45.3 Å². The minimum Gasteiger partial charge on any atom is -0.496 e. The number of furan rings is 1. The standard InChI is InChI=1S/C27H28N2O3/c1-30-24-11-7-6-10-22(24)26-18-23-20(12-13-25(31-2)27(23)32-26)19-28-14-16-29(17-15-28)21-8-4-3-5-9-21/h3-13,18H,14-17,19H2,1-2H3. The summed E-state index contributed by atoms with van der Waals surface area (Å²) in [6.07, 6.45) is 0. The average Bonchev–Trinajstić information content (AvgIpc) is 3.31. The second-order valence-electron chi connectivity index (χ2n) is 8.08. The van der Waals surface area contributed by atoms with Gasteiger partial charge >= 0.3 is 0 Å². The molecule has 5 nitrogen and oxygen atoms in total. The van der Waals surface area contributed by atoms with Crippen LogP contribution in [0.3, 0.4) is 0 Å². The summed E-state index contributed by atoms with van der Waals surface area (Å²) >= 11 is 0. The molecule has 0 spiro atoms. The van der Waals surface area contributed by atoms with E-state index in [1.165, 1.54) is 11.3 Å². The van der Waals surface area contributed by atoms with Crippen LogP contribution in [0.2, 0.25) is 0 Å². The zero-order chi connectivity index (χ0) is 21.9. The summed E-state index contributed by atoms with van der Waals surface area (Å²) in [5.41, 5.74) is 4.28. The Morgan fingerprint density at radius 1 is 0.781 bits per heavy atom. The maximum absolute atomic E-state index is 6.29. The molecule has 0 saturated carbocycles. The minimum atomic E-state index is 0.749. The lowest BCUT2D eigenvalue weighted by Gasteiger charge is -2.36. The van der Waals surface area contributed by atoms with Crippen molar-refractivity contribution < 1.29 is 13.9 Å². The van der Waals surface area contributed by atoms with E-state index in [0.717, 1.165) is 66.5 Å². The van der Waals surface area contributed by atoms with Crippen molar-refractivity contribution in [2.24, 2.45) is 0 Å². The second-order valence-corrected chi connectivity index (χ2v) is 8.08. The van der Waals surface area contributed by atoms with E-state index in [2.05, 4.69) is 52.3 Å². The number of hydrogen-bond acceptors (Lipinski definition) is 5. The van der Waals surface area contributed by atoms with E-state index < -0.39 is 0 Å². The lowest BCUT2D eigenvalue weighted by molar-refractivity contribution is 0.250. The van der Waals surface area contributed by atoms with Gasteiger partial charge in [-0.15, -0.1) is 0 Å². The third kappa shape index (κ3) is 3.92. The molecule has 4 aromatic rings. The van der Waals surface area contributed by atoms with Gasteiger partial charge in [0.05, 0.1) is 19.8 Å². The Balaban J connectivity index is 1.40. The molecule has 0 N–H and O–H groups in total. The van der Waals surface area contributed by atoms with E-state index in [9.17, 15) is 0 Å². The Labute approximate surface area is 188 Å². The number of nitrogens with zero attached hydrogens (tertiary/aromatic N) is 2. The third-order valence-electron chi connectivity index (χ3n) is 6.22. The predicted molar refractivity (Wildman–Crippen MR) is 129 cm³/mol. The highest BCUT2D eigenvalue weighted by atomic mass is 16.5. The van der Waals surface area contributed by atoms with Gasteiger partial charge in [0.25, 0.3) is 0 Å². The molecule has 1 fully saturated rings. The van der Waals surface area contributed by atoms with Crippen LogP contribution in [0.25, 0.3) is 22.3 Å². The topological polar surface area (TPSA) is 38.1 Å². The van der Waals surface area contributed by atoms with Gasteiger partial charge in [-0.25, -0.2) is 0 Å². The minimum absolute atomic E-state index is 0.749. The van der Waals surface area contributed by atoms with E-state index in [4.69, 9.17) is 13.9 Å². The van der Waals surface area contributed by atoms with Crippen LogP contribution in [-0.2, 0) is 6.54 Å². The van der Waals surface area contributed by atoms with Gasteiger partial charge in [-0.3, -0.25) is 4.90 Å². The fourth-order valence-corrected chi connectivity index (χ4v) is 4.48. The Bertz CT molecular complexity index is 1190. The van der Waals surface area contributed by atoms with Gasteiger partial charge in [-0.2, -0.15) is 0 Å². The number of para-hydroxylation sites is 2. The van der Waals surface area contributed by atoms with Gasteiger partial charge in [0.15, 0.2) is 11.3 Å². The zero-order valence-corrected chi connectivity index (χ0v) is 18.6. The quantitative estimate of drug-likeness (QED) is 0.409. The van der Waals surface area contributed by atoms with Crippen LogP contribution in [0.1, 0.15) is 5.56 Å². The molecule has 5 heteroatoms. The lowest BCUT2D eigenvalue weighted by atomic mass is 10.1. The Kier molecular flexibility index (Phi) is 5.73. The number of methoxy groups -OCH3 is 2. The first-order valence-corrected chi connectivity index (χ1v) is 11.0. The highest BCUT2D eigenvalue weighted by Gasteiger charge is 2.21. The highest BCUT2D eigenvalue weighted by molar-refractivity contribution is 5.91. The summed E-state index contributed by atoms with van der Waals surface area (Å²) in [7, 11) is 3.37. The molecule has 0 amide bonds. The van der Waals surface area contributed by atoms with Crippen LogP contribution in [0.4, 0.5) is 5.69 Å². The smallest absolute Gasteiger partial charge is 0.176 e. The van der Waals surface area contributed by atoms with E-state index in [-0.39, 0.29) is 0 Å². The summed E-state index contributed by atoms with van der Waals surface area (Å²) in [5, 5.41) is 1.09. The highest BCUT2D eigenvalue weighted by Crippen LogP contribution is 2.39. The number of hydrogen-bond donors (Lipinski definition) is 0. The maximum atomic E-state index is 6.29. The SMILES string of the molecule is COc1ccccc1-c1cc2c(CN3CCN(c4ccccc4)CC3)ccc(OC)c2o1. The van der Waals surface area contributed by atoms with Crippen molar-refractivity contribution in [1.82, 2.24) is 4.90 Å². The monoisotopic (exact) mass is 428 g/mol. The number of rotatable bonds is 6. The predicted octanol–water partition coefficient (Wildman–Crippen LogP) is 5.44. The number of piperazine rings is 1. The zero-order valence-electron chi connectivity index (χ0n) is 18.6. The Hall–Kier alpha value is -3.44. The normalized spacial score (nSPS) is 14.6. The van der Waals surface area contributed by atoms with Crippen molar-refractivity contribution >= 4 is 16.7 Å². The van der Waals surface area contributed by atoms with E-state index in [0.29, 0.717) is 0 Å². The van der Waals surface area contributed by atoms with Crippen molar-refractivity contribution in [3.8, 4) is 22.8 Å². The maximum Gasteiger partial charge on any atom is 0.176 e. The molecular weight excluding hydrogens is 400 g/mol. The summed E-state index contributed by atoms with van der Waals surface area (Å²) in [4.78, 5) is 4.97. The van der Waals surface area contributed by atoms with Crippen LogP contribution in [0.5, 0.6) is 11.5 Å². The van der Waals surface area contributed by atoms with Gasteiger partial charge < -0.3 is 18.8 Å². The molecule has 3 aromatic carbocycles. The van der Waals surface area contributed by atoms with Crippen LogP contribution < -0.4 is 14.4 Å². The van der Waals surface area contributed by atoms with Crippen LogP contribution in [-0.4, -0.2) is 45.3 Å². The average molecular weight is 429 g/mol. The number of anilines is 1. The van der Waals surface area contributed by atoms with Gasteiger partial charge in [0, 0.05) is 43.8 Å². The van der Waals surface area contributed by atoms with Crippen LogP contribution in [0, 0.1) is 0 Å².